The molecule has 0 amide bonds. The number of hydrogen-bond donors (Lipinski definition) is 0. The number of carbonyl (C=O) groups excluding carboxylic acids is 1. The minimum absolute atomic E-state index is 0.103. The van der Waals surface area contributed by atoms with Gasteiger partial charge in [0.05, 0.1) is 5.56 Å². The van der Waals surface area contributed by atoms with Gasteiger partial charge in [0.1, 0.15) is 18.2 Å². The molecule has 0 aliphatic heterocycles. The minimum Gasteiger partial charge on any atom is -0.487 e. The molecule has 19 heavy (non-hydrogen) atoms. The van der Waals surface area contributed by atoms with E-state index in [-0.39, 0.29) is 18.1 Å². The number of benzene rings is 1. The Kier molecular flexibility index (Phi) is 6.45. The Bertz CT molecular complexity index is 414. The number of ether oxygens (including phenoxy) is 3. The van der Waals surface area contributed by atoms with Gasteiger partial charge in [-0.1, -0.05) is 0 Å². The van der Waals surface area contributed by atoms with Crippen molar-refractivity contribution < 1.29 is 23.4 Å². The SMILES string of the molecule is CCOC(COc1cc(F)ccc1C(C)=O)OCC. The van der Waals surface area contributed by atoms with Crippen molar-refractivity contribution >= 4 is 5.78 Å². The van der Waals surface area contributed by atoms with Crippen LogP contribution in [0.3, 0.4) is 0 Å². The third kappa shape index (κ3) is 4.96. The summed E-state index contributed by atoms with van der Waals surface area (Å²) in [5.74, 6) is -0.430. The van der Waals surface area contributed by atoms with Crippen LogP contribution in [0, 0.1) is 5.82 Å². The van der Waals surface area contributed by atoms with Crippen LogP contribution >= 0.6 is 0 Å². The van der Waals surface area contributed by atoms with Gasteiger partial charge in [-0.3, -0.25) is 4.79 Å². The lowest BCUT2D eigenvalue weighted by Gasteiger charge is -2.18. The Hall–Kier alpha value is -1.46. The van der Waals surface area contributed by atoms with Crippen LogP contribution in [0.5, 0.6) is 5.75 Å². The molecule has 106 valence electrons. The Labute approximate surface area is 112 Å². The van der Waals surface area contributed by atoms with Gasteiger partial charge in [-0.2, -0.15) is 0 Å². The minimum atomic E-state index is -0.530. The average Bonchev–Trinajstić information content (AvgIpc) is 2.36. The lowest BCUT2D eigenvalue weighted by atomic mass is 10.1. The highest BCUT2D eigenvalue weighted by Crippen LogP contribution is 2.21. The molecule has 0 atom stereocenters. The lowest BCUT2D eigenvalue weighted by Crippen LogP contribution is -2.25. The molecule has 4 nitrogen and oxygen atoms in total. The molecular formula is C14H19FO4. The molecule has 0 spiro atoms. The molecule has 0 N–H and O–H groups in total. The maximum atomic E-state index is 13.2. The molecule has 0 aromatic heterocycles. The van der Waals surface area contributed by atoms with Crippen LogP contribution in [0.15, 0.2) is 18.2 Å². The molecule has 0 saturated heterocycles. The fraction of sp³-hybridized carbons (Fsp3) is 0.500. The summed E-state index contributed by atoms with van der Waals surface area (Å²) in [5, 5.41) is 0. The van der Waals surface area contributed by atoms with E-state index >= 15 is 0 Å². The molecule has 0 aliphatic rings. The Morgan fingerprint density at radius 2 is 1.89 bits per heavy atom. The highest BCUT2D eigenvalue weighted by atomic mass is 19.1. The van der Waals surface area contributed by atoms with E-state index in [4.69, 9.17) is 14.2 Å². The molecule has 1 aromatic carbocycles. The predicted molar refractivity (Wildman–Crippen MR) is 68.9 cm³/mol. The third-order valence-electron chi connectivity index (χ3n) is 2.40. The van der Waals surface area contributed by atoms with E-state index in [1.165, 1.54) is 25.1 Å². The van der Waals surface area contributed by atoms with Crippen molar-refractivity contribution in [3.8, 4) is 5.75 Å². The summed E-state index contributed by atoms with van der Waals surface area (Å²) in [7, 11) is 0. The van der Waals surface area contributed by atoms with E-state index in [9.17, 15) is 9.18 Å². The third-order valence-corrected chi connectivity index (χ3v) is 2.40. The predicted octanol–water partition coefficient (Wildman–Crippen LogP) is 2.81. The van der Waals surface area contributed by atoms with Gasteiger partial charge in [-0.15, -0.1) is 0 Å². The number of hydrogen-bond acceptors (Lipinski definition) is 4. The normalized spacial score (nSPS) is 10.8. The fourth-order valence-corrected chi connectivity index (χ4v) is 1.58. The maximum Gasteiger partial charge on any atom is 0.191 e. The van der Waals surface area contributed by atoms with Crippen LogP contribution in [0.2, 0.25) is 0 Å². The second kappa shape index (κ2) is 7.86. The van der Waals surface area contributed by atoms with Crippen molar-refractivity contribution in [3.05, 3.63) is 29.6 Å². The van der Waals surface area contributed by atoms with E-state index < -0.39 is 12.1 Å². The quantitative estimate of drug-likeness (QED) is 0.538. The topological polar surface area (TPSA) is 44.8 Å². The zero-order valence-corrected chi connectivity index (χ0v) is 11.4. The smallest absolute Gasteiger partial charge is 0.191 e. The van der Waals surface area contributed by atoms with Crippen molar-refractivity contribution in [1.29, 1.82) is 0 Å². The molecule has 0 bridgehead atoms. The summed E-state index contributed by atoms with van der Waals surface area (Å²) in [6.07, 6.45) is -0.530. The van der Waals surface area contributed by atoms with Gasteiger partial charge in [-0.25, -0.2) is 4.39 Å². The van der Waals surface area contributed by atoms with E-state index in [1.54, 1.807) is 0 Å². The monoisotopic (exact) mass is 270 g/mol. The fourth-order valence-electron chi connectivity index (χ4n) is 1.58. The van der Waals surface area contributed by atoms with Gasteiger partial charge in [-0.05, 0) is 32.9 Å². The Morgan fingerprint density at radius 1 is 1.26 bits per heavy atom. The number of ketones is 1. The zero-order valence-electron chi connectivity index (χ0n) is 11.4. The number of rotatable bonds is 8. The van der Waals surface area contributed by atoms with Gasteiger partial charge >= 0.3 is 0 Å². The summed E-state index contributed by atoms with van der Waals surface area (Å²) in [6.45, 7) is 6.16. The van der Waals surface area contributed by atoms with Crippen molar-refractivity contribution in [2.24, 2.45) is 0 Å². The summed E-state index contributed by atoms with van der Waals surface area (Å²) >= 11 is 0. The van der Waals surface area contributed by atoms with Crippen LogP contribution < -0.4 is 4.74 Å². The first-order valence-corrected chi connectivity index (χ1v) is 6.25. The lowest BCUT2D eigenvalue weighted by molar-refractivity contribution is -0.152. The van der Waals surface area contributed by atoms with Crippen LogP contribution in [0.1, 0.15) is 31.1 Å². The van der Waals surface area contributed by atoms with Crippen LogP contribution in [0.4, 0.5) is 4.39 Å². The van der Waals surface area contributed by atoms with Crippen molar-refractivity contribution in [2.75, 3.05) is 19.8 Å². The van der Waals surface area contributed by atoms with E-state index in [0.717, 1.165) is 0 Å². The highest BCUT2D eigenvalue weighted by Gasteiger charge is 2.13. The van der Waals surface area contributed by atoms with Crippen molar-refractivity contribution in [2.45, 2.75) is 27.1 Å². The first-order valence-electron chi connectivity index (χ1n) is 6.25. The standard InChI is InChI=1S/C14H19FO4/c1-4-17-14(18-5-2)9-19-13-8-11(15)6-7-12(13)10(3)16/h6-8,14H,4-5,9H2,1-3H3. The molecule has 0 radical (unpaired) electrons. The zero-order chi connectivity index (χ0) is 14.3. The summed E-state index contributed by atoms with van der Waals surface area (Å²) < 4.78 is 29.2. The highest BCUT2D eigenvalue weighted by molar-refractivity contribution is 5.96. The summed E-state index contributed by atoms with van der Waals surface area (Å²) in [4.78, 5) is 11.4. The average molecular weight is 270 g/mol. The number of halogens is 1. The molecule has 0 saturated carbocycles. The summed E-state index contributed by atoms with van der Waals surface area (Å²) in [6, 6.07) is 3.82. The molecule has 1 rings (SSSR count). The van der Waals surface area contributed by atoms with Crippen LogP contribution in [0.25, 0.3) is 0 Å². The van der Waals surface area contributed by atoms with Gasteiger partial charge in [0.25, 0.3) is 0 Å². The van der Waals surface area contributed by atoms with Gasteiger partial charge in [0.15, 0.2) is 12.1 Å². The second-order valence-corrected chi connectivity index (χ2v) is 3.85. The first-order chi connectivity index (χ1) is 9.08. The van der Waals surface area contributed by atoms with Crippen LogP contribution in [-0.2, 0) is 9.47 Å². The van der Waals surface area contributed by atoms with Crippen LogP contribution in [-0.4, -0.2) is 31.9 Å². The Morgan fingerprint density at radius 3 is 2.42 bits per heavy atom. The first kappa shape index (κ1) is 15.6. The molecule has 0 aliphatic carbocycles. The van der Waals surface area contributed by atoms with Gasteiger partial charge < -0.3 is 14.2 Å². The number of Topliss-reactive ketones (excluding diaryl/α,β-unsaturated/α-hetero) is 1. The van der Waals surface area contributed by atoms with E-state index in [0.29, 0.717) is 18.8 Å². The van der Waals surface area contributed by atoms with E-state index in [1.807, 2.05) is 13.8 Å². The Balaban J connectivity index is 2.74. The molecule has 1 aromatic rings. The second-order valence-electron chi connectivity index (χ2n) is 3.85. The van der Waals surface area contributed by atoms with Gasteiger partial charge in [0, 0.05) is 19.3 Å². The van der Waals surface area contributed by atoms with Crippen molar-refractivity contribution in [3.63, 3.8) is 0 Å². The largest absolute Gasteiger partial charge is 0.487 e. The molecule has 5 heteroatoms. The number of carbonyl (C=O) groups is 1. The maximum absolute atomic E-state index is 13.2. The summed E-state index contributed by atoms with van der Waals surface area (Å²) in [5.41, 5.74) is 0.341. The molecule has 0 unspecified atom stereocenters. The molecule has 0 heterocycles. The van der Waals surface area contributed by atoms with E-state index in [2.05, 4.69) is 0 Å². The molecular weight excluding hydrogens is 251 g/mol. The molecule has 0 fully saturated rings. The van der Waals surface area contributed by atoms with Gasteiger partial charge in [0.2, 0.25) is 0 Å². The van der Waals surface area contributed by atoms with Crippen molar-refractivity contribution in [1.82, 2.24) is 0 Å².